The Morgan fingerprint density at radius 2 is 2.00 bits per heavy atom. The van der Waals surface area contributed by atoms with Gasteiger partial charge in [-0.05, 0) is 23.6 Å². The molecule has 0 radical (unpaired) electrons. The number of methoxy groups -OCH3 is 1. The maximum Gasteiger partial charge on any atom is 0.264 e. The van der Waals surface area contributed by atoms with E-state index in [0.29, 0.717) is 0 Å². The Bertz CT molecular complexity index is 619. The van der Waals surface area contributed by atoms with Crippen LogP contribution in [0, 0.1) is 0 Å². The second-order valence-electron chi connectivity index (χ2n) is 5.51. The number of nitrogens with zero attached hydrogens (tertiary/aromatic N) is 1. The van der Waals surface area contributed by atoms with Crippen molar-refractivity contribution in [2.24, 2.45) is 0 Å². The Morgan fingerprint density at radius 1 is 1.23 bits per heavy atom. The fourth-order valence-corrected chi connectivity index (χ4v) is 3.57. The van der Waals surface area contributed by atoms with Gasteiger partial charge in [0, 0.05) is 5.56 Å². The highest BCUT2D eigenvalue weighted by Gasteiger charge is 2.25. The van der Waals surface area contributed by atoms with Crippen LogP contribution >= 0.6 is 11.3 Å². The van der Waals surface area contributed by atoms with Crippen molar-refractivity contribution in [2.45, 2.75) is 6.54 Å². The summed E-state index contributed by atoms with van der Waals surface area (Å²) in [4.78, 5) is 16.6. The molecule has 0 spiro atoms. The maximum atomic E-state index is 12.3. The molecule has 1 aromatic carbocycles. The maximum absolute atomic E-state index is 12.3. The minimum atomic E-state index is 0.173. The predicted molar refractivity (Wildman–Crippen MR) is 87.6 cm³/mol. The number of thiophene rings is 1. The normalized spacial score (nSPS) is 15.8. The predicted octanol–water partition coefficient (Wildman–Crippen LogP) is 1.30. The minimum absolute atomic E-state index is 0.173. The SMILES string of the molecule is COc1ccccc1C[NH+]1CCN(C(=O)c2cccs2)CC1. The monoisotopic (exact) mass is 317 g/mol. The molecular formula is C17H21N2O2S+. The summed E-state index contributed by atoms with van der Waals surface area (Å²) in [6, 6.07) is 12.0. The molecule has 0 aliphatic carbocycles. The number of para-hydroxylation sites is 1. The number of hydrogen-bond acceptors (Lipinski definition) is 3. The van der Waals surface area contributed by atoms with Gasteiger partial charge in [-0.3, -0.25) is 4.79 Å². The van der Waals surface area contributed by atoms with E-state index in [1.165, 1.54) is 21.8 Å². The van der Waals surface area contributed by atoms with Gasteiger partial charge in [0.15, 0.2) is 0 Å². The van der Waals surface area contributed by atoms with Gasteiger partial charge >= 0.3 is 0 Å². The zero-order valence-corrected chi connectivity index (χ0v) is 13.6. The summed E-state index contributed by atoms with van der Waals surface area (Å²) in [6.07, 6.45) is 0. The number of nitrogens with one attached hydrogen (secondary N) is 1. The highest BCUT2D eigenvalue weighted by atomic mass is 32.1. The van der Waals surface area contributed by atoms with E-state index < -0.39 is 0 Å². The Morgan fingerprint density at radius 3 is 2.68 bits per heavy atom. The largest absolute Gasteiger partial charge is 0.496 e. The van der Waals surface area contributed by atoms with Crippen molar-refractivity contribution >= 4 is 17.2 Å². The number of carbonyl (C=O) groups excluding carboxylic acids is 1. The number of hydrogen-bond donors (Lipinski definition) is 1. The summed E-state index contributed by atoms with van der Waals surface area (Å²) < 4.78 is 5.42. The summed E-state index contributed by atoms with van der Waals surface area (Å²) in [5.41, 5.74) is 1.23. The van der Waals surface area contributed by atoms with E-state index in [-0.39, 0.29) is 5.91 Å². The van der Waals surface area contributed by atoms with Gasteiger partial charge in [0.25, 0.3) is 5.91 Å². The summed E-state index contributed by atoms with van der Waals surface area (Å²) in [5, 5.41) is 1.95. The standard InChI is InChI=1S/C17H20N2O2S/c1-21-15-6-3-2-5-14(15)13-18-8-10-19(11-9-18)17(20)16-7-4-12-22-16/h2-7,12H,8-11,13H2,1H3/p+1. The van der Waals surface area contributed by atoms with Crippen molar-refractivity contribution in [3.63, 3.8) is 0 Å². The highest BCUT2D eigenvalue weighted by molar-refractivity contribution is 7.12. The van der Waals surface area contributed by atoms with Crippen LogP contribution in [-0.2, 0) is 6.54 Å². The van der Waals surface area contributed by atoms with Crippen molar-refractivity contribution in [1.82, 2.24) is 4.90 Å². The van der Waals surface area contributed by atoms with Crippen LogP contribution in [0.3, 0.4) is 0 Å². The van der Waals surface area contributed by atoms with E-state index in [1.54, 1.807) is 7.11 Å². The molecule has 116 valence electrons. The van der Waals surface area contributed by atoms with Gasteiger partial charge in [-0.2, -0.15) is 0 Å². The lowest BCUT2D eigenvalue weighted by molar-refractivity contribution is -0.917. The molecule has 1 aromatic heterocycles. The molecule has 0 bridgehead atoms. The van der Waals surface area contributed by atoms with Crippen LogP contribution in [0.4, 0.5) is 0 Å². The van der Waals surface area contributed by atoms with Gasteiger partial charge in [-0.25, -0.2) is 0 Å². The minimum Gasteiger partial charge on any atom is -0.496 e. The van der Waals surface area contributed by atoms with E-state index in [4.69, 9.17) is 4.74 Å². The van der Waals surface area contributed by atoms with Gasteiger partial charge in [-0.15, -0.1) is 11.3 Å². The van der Waals surface area contributed by atoms with Crippen LogP contribution in [-0.4, -0.2) is 44.1 Å². The number of piperazine rings is 1. The molecule has 0 atom stereocenters. The molecule has 1 aliphatic rings. The number of rotatable bonds is 4. The third-order valence-electron chi connectivity index (χ3n) is 4.12. The molecule has 1 amide bonds. The zero-order chi connectivity index (χ0) is 15.4. The van der Waals surface area contributed by atoms with E-state index >= 15 is 0 Å². The third kappa shape index (κ3) is 3.31. The Balaban J connectivity index is 1.57. The van der Waals surface area contributed by atoms with Crippen LogP contribution < -0.4 is 9.64 Å². The molecule has 0 unspecified atom stereocenters. The Hall–Kier alpha value is -1.85. The number of carbonyl (C=O) groups is 1. The number of benzene rings is 1. The second kappa shape index (κ2) is 6.94. The van der Waals surface area contributed by atoms with Crippen molar-refractivity contribution in [3.05, 3.63) is 52.2 Å². The molecule has 4 nitrogen and oxygen atoms in total. The number of ether oxygens (including phenoxy) is 1. The Labute approximate surface area is 134 Å². The first kappa shape index (κ1) is 15.1. The fraction of sp³-hybridized carbons (Fsp3) is 0.353. The summed E-state index contributed by atoms with van der Waals surface area (Å²) in [5.74, 6) is 1.12. The number of amides is 1. The Kier molecular flexibility index (Phi) is 4.75. The molecule has 1 aliphatic heterocycles. The summed E-state index contributed by atoms with van der Waals surface area (Å²) in [7, 11) is 1.71. The first-order valence-electron chi connectivity index (χ1n) is 7.56. The van der Waals surface area contributed by atoms with Gasteiger partial charge in [-0.1, -0.05) is 18.2 Å². The first-order chi connectivity index (χ1) is 10.8. The molecule has 0 saturated carbocycles. The zero-order valence-electron chi connectivity index (χ0n) is 12.7. The second-order valence-corrected chi connectivity index (χ2v) is 6.46. The van der Waals surface area contributed by atoms with Crippen LogP contribution in [0.5, 0.6) is 5.75 Å². The molecule has 1 fully saturated rings. The molecule has 1 N–H and O–H groups in total. The van der Waals surface area contributed by atoms with Crippen molar-refractivity contribution < 1.29 is 14.4 Å². The van der Waals surface area contributed by atoms with Gasteiger partial charge in [0.05, 0.1) is 38.2 Å². The van der Waals surface area contributed by atoms with Gasteiger partial charge in [0.1, 0.15) is 12.3 Å². The quantitative estimate of drug-likeness (QED) is 0.922. The van der Waals surface area contributed by atoms with E-state index in [2.05, 4.69) is 6.07 Å². The van der Waals surface area contributed by atoms with E-state index in [1.807, 2.05) is 40.6 Å². The first-order valence-corrected chi connectivity index (χ1v) is 8.44. The average Bonchev–Trinajstić information content (AvgIpc) is 3.10. The topological polar surface area (TPSA) is 34.0 Å². The lowest BCUT2D eigenvalue weighted by atomic mass is 10.1. The molecular weight excluding hydrogens is 296 g/mol. The molecule has 2 aromatic rings. The number of quaternary nitrogens is 1. The molecule has 5 heteroatoms. The lowest BCUT2D eigenvalue weighted by Crippen LogP contribution is -3.13. The summed E-state index contributed by atoms with van der Waals surface area (Å²) in [6.45, 7) is 4.55. The van der Waals surface area contributed by atoms with Crippen LogP contribution in [0.2, 0.25) is 0 Å². The van der Waals surface area contributed by atoms with Crippen LogP contribution in [0.15, 0.2) is 41.8 Å². The van der Waals surface area contributed by atoms with Crippen molar-refractivity contribution in [3.8, 4) is 5.75 Å². The average molecular weight is 317 g/mol. The lowest BCUT2D eigenvalue weighted by Gasteiger charge is -2.32. The fourth-order valence-electron chi connectivity index (χ4n) is 2.88. The van der Waals surface area contributed by atoms with Crippen molar-refractivity contribution in [1.29, 1.82) is 0 Å². The molecule has 2 heterocycles. The van der Waals surface area contributed by atoms with Gasteiger partial charge < -0.3 is 14.5 Å². The summed E-state index contributed by atoms with van der Waals surface area (Å²) >= 11 is 1.52. The third-order valence-corrected chi connectivity index (χ3v) is 4.98. The van der Waals surface area contributed by atoms with Gasteiger partial charge in [0.2, 0.25) is 0 Å². The molecule has 3 rings (SSSR count). The van der Waals surface area contributed by atoms with E-state index in [9.17, 15) is 4.79 Å². The van der Waals surface area contributed by atoms with Crippen LogP contribution in [0.25, 0.3) is 0 Å². The molecule has 1 saturated heterocycles. The highest BCUT2D eigenvalue weighted by Crippen LogP contribution is 2.16. The molecule has 22 heavy (non-hydrogen) atoms. The van der Waals surface area contributed by atoms with Crippen molar-refractivity contribution in [2.75, 3.05) is 33.3 Å². The van der Waals surface area contributed by atoms with E-state index in [0.717, 1.165) is 43.4 Å². The smallest absolute Gasteiger partial charge is 0.264 e. The van der Waals surface area contributed by atoms with Crippen LogP contribution in [0.1, 0.15) is 15.2 Å².